The lowest BCUT2D eigenvalue weighted by Crippen LogP contribution is -2.21. The van der Waals surface area contributed by atoms with E-state index in [-0.39, 0.29) is 0 Å². The summed E-state index contributed by atoms with van der Waals surface area (Å²) in [6.07, 6.45) is 2.50. The third-order valence-electron chi connectivity index (χ3n) is 4.97. The van der Waals surface area contributed by atoms with Gasteiger partial charge < -0.3 is 4.74 Å². The van der Waals surface area contributed by atoms with E-state index in [2.05, 4.69) is 41.8 Å². The summed E-state index contributed by atoms with van der Waals surface area (Å²) in [5.41, 5.74) is 5.89. The molecular weight excluding hydrogens is 276 g/mol. The number of thioether (sulfide) groups is 1. The fraction of sp³-hybridized carbons (Fsp3) is 0.263. The minimum Gasteiger partial charge on any atom is -0.488 e. The van der Waals surface area contributed by atoms with Gasteiger partial charge >= 0.3 is 0 Å². The number of hydrogen-bond donors (Lipinski definition) is 0. The van der Waals surface area contributed by atoms with Crippen LogP contribution in [0.1, 0.15) is 18.4 Å². The molecular formula is C19H16OS. The van der Waals surface area contributed by atoms with Gasteiger partial charge in [-0.25, -0.2) is 0 Å². The first-order chi connectivity index (χ1) is 10.4. The van der Waals surface area contributed by atoms with Gasteiger partial charge in [0.2, 0.25) is 0 Å². The molecule has 2 aromatic rings. The maximum absolute atomic E-state index is 6.21. The molecule has 0 saturated carbocycles. The first-order valence-corrected chi connectivity index (χ1v) is 8.65. The molecule has 1 aliphatic carbocycles. The molecule has 0 fully saturated rings. The first-order valence-electron chi connectivity index (χ1n) is 7.61. The normalized spacial score (nSPS) is 23.2. The van der Waals surface area contributed by atoms with Gasteiger partial charge in [-0.15, -0.1) is 11.8 Å². The van der Waals surface area contributed by atoms with Crippen molar-refractivity contribution in [2.45, 2.75) is 12.8 Å². The van der Waals surface area contributed by atoms with Crippen LogP contribution >= 0.6 is 11.8 Å². The highest BCUT2D eigenvalue weighted by Crippen LogP contribution is 2.49. The molecule has 0 radical (unpaired) electrons. The molecule has 21 heavy (non-hydrogen) atoms. The second-order valence-electron chi connectivity index (χ2n) is 6.05. The first kappa shape index (κ1) is 11.9. The third kappa shape index (κ3) is 1.66. The summed E-state index contributed by atoms with van der Waals surface area (Å²) >= 11 is 1.97. The minimum absolute atomic E-state index is 0.749. The average Bonchev–Trinajstić information content (AvgIpc) is 3.03. The summed E-state index contributed by atoms with van der Waals surface area (Å²) in [4.78, 5) is 0. The van der Waals surface area contributed by atoms with Crippen molar-refractivity contribution in [3.8, 4) is 5.75 Å². The SMILES string of the molecule is C1=C2C3=C(CCC2CS1)c1ccc2ccccc2c1OC3. The van der Waals surface area contributed by atoms with E-state index in [9.17, 15) is 0 Å². The molecule has 104 valence electrons. The fourth-order valence-corrected chi connectivity index (χ4v) is 5.08. The molecule has 5 rings (SSSR count). The van der Waals surface area contributed by atoms with Gasteiger partial charge in [-0.2, -0.15) is 0 Å². The van der Waals surface area contributed by atoms with Gasteiger partial charge in [-0.3, -0.25) is 0 Å². The molecule has 0 saturated heterocycles. The van der Waals surface area contributed by atoms with E-state index < -0.39 is 0 Å². The summed E-state index contributed by atoms with van der Waals surface area (Å²) in [6, 6.07) is 13.0. The topological polar surface area (TPSA) is 9.23 Å². The lowest BCUT2D eigenvalue weighted by atomic mass is 9.77. The Labute approximate surface area is 128 Å². The molecule has 2 aromatic carbocycles. The quantitative estimate of drug-likeness (QED) is 0.673. The summed E-state index contributed by atoms with van der Waals surface area (Å²) in [6.45, 7) is 0.749. The van der Waals surface area contributed by atoms with Crippen molar-refractivity contribution in [2.24, 2.45) is 5.92 Å². The maximum atomic E-state index is 6.21. The van der Waals surface area contributed by atoms with Crippen molar-refractivity contribution in [3.05, 3.63) is 58.5 Å². The number of fused-ring (bicyclic) bond motifs is 6. The fourth-order valence-electron chi connectivity index (χ4n) is 3.89. The van der Waals surface area contributed by atoms with Crippen LogP contribution in [0.25, 0.3) is 16.3 Å². The van der Waals surface area contributed by atoms with Gasteiger partial charge in [-0.1, -0.05) is 36.4 Å². The largest absolute Gasteiger partial charge is 0.488 e. The standard InChI is InChI=1S/C19H16OS/c1-2-4-14-12(3-1)5-8-16-15-7-6-13-10-21-11-18(13)17(15)9-20-19(14)16/h1-5,8,11,13H,6-7,9-10H2. The highest BCUT2D eigenvalue weighted by Gasteiger charge is 2.33. The van der Waals surface area contributed by atoms with Gasteiger partial charge in [-0.05, 0) is 46.3 Å². The Hall–Kier alpha value is -1.67. The van der Waals surface area contributed by atoms with E-state index >= 15 is 0 Å². The number of benzene rings is 2. The molecule has 1 atom stereocenters. The summed E-state index contributed by atoms with van der Waals surface area (Å²) < 4.78 is 6.21. The van der Waals surface area contributed by atoms with Crippen molar-refractivity contribution >= 4 is 28.1 Å². The predicted molar refractivity (Wildman–Crippen MR) is 89.6 cm³/mol. The van der Waals surface area contributed by atoms with Crippen LogP contribution in [-0.2, 0) is 0 Å². The minimum atomic E-state index is 0.749. The van der Waals surface area contributed by atoms with E-state index in [0.717, 1.165) is 18.3 Å². The predicted octanol–water partition coefficient (Wildman–Crippen LogP) is 5.03. The molecule has 2 heteroatoms. The highest BCUT2D eigenvalue weighted by atomic mass is 32.2. The Morgan fingerprint density at radius 2 is 2.00 bits per heavy atom. The highest BCUT2D eigenvalue weighted by molar-refractivity contribution is 8.02. The third-order valence-corrected chi connectivity index (χ3v) is 5.98. The molecule has 0 spiro atoms. The van der Waals surface area contributed by atoms with Crippen LogP contribution in [0.5, 0.6) is 5.75 Å². The molecule has 3 aliphatic rings. The van der Waals surface area contributed by atoms with Crippen LogP contribution in [0.2, 0.25) is 0 Å². The molecule has 0 N–H and O–H groups in total. The molecule has 0 aromatic heterocycles. The van der Waals surface area contributed by atoms with E-state index in [0.29, 0.717) is 0 Å². The van der Waals surface area contributed by atoms with Crippen LogP contribution in [-0.4, -0.2) is 12.4 Å². The molecule has 2 heterocycles. The average molecular weight is 292 g/mol. The Morgan fingerprint density at radius 1 is 1.05 bits per heavy atom. The summed E-state index contributed by atoms with van der Waals surface area (Å²) in [5.74, 6) is 3.12. The zero-order valence-electron chi connectivity index (χ0n) is 11.8. The van der Waals surface area contributed by atoms with E-state index in [1.54, 1.807) is 5.57 Å². The van der Waals surface area contributed by atoms with Crippen molar-refractivity contribution in [1.82, 2.24) is 0 Å². The Kier molecular flexibility index (Phi) is 2.51. The van der Waals surface area contributed by atoms with Crippen molar-refractivity contribution < 1.29 is 4.74 Å². The van der Waals surface area contributed by atoms with Crippen LogP contribution < -0.4 is 4.74 Å². The van der Waals surface area contributed by atoms with E-state index in [1.165, 1.54) is 46.1 Å². The van der Waals surface area contributed by atoms with Crippen molar-refractivity contribution in [2.75, 3.05) is 12.4 Å². The van der Waals surface area contributed by atoms with Gasteiger partial charge in [0.25, 0.3) is 0 Å². The lowest BCUT2D eigenvalue weighted by molar-refractivity contribution is 0.345. The monoisotopic (exact) mass is 292 g/mol. The maximum Gasteiger partial charge on any atom is 0.135 e. The van der Waals surface area contributed by atoms with Crippen LogP contribution in [0, 0.1) is 5.92 Å². The number of allylic oxidation sites excluding steroid dienone is 1. The zero-order chi connectivity index (χ0) is 13.8. The molecule has 0 amide bonds. The number of hydrogen-bond acceptors (Lipinski definition) is 2. The Balaban J connectivity index is 1.76. The second kappa shape index (κ2) is 4.41. The van der Waals surface area contributed by atoms with Crippen LogP contribution in [0.3, 0.4) is 0 Å². The number of rotatable bonds is 0. The van der Waals surface area contributed by atoms with Gasteiger partial charge in [0.05, 0.1) is 0 Å². The summed E-state index contributed by atoms with van der Waals surface area (Å²) in [5, 5.41) is 4.89. The van der Waals surface area contributed by atoms with Crippen molar-refractivity contribution in [1.29, 1.82) is 0 Å². The van der Waals surface area contributed by atoms with Gasteiger partial charge in [0, 0.05) is 16.7 Å². The zero-order valence-corrected chi connectivity index (χ0v) is 12.6. The second-order valence-corrected chi connectivity index (χ2v) is 6.95. The number of ether oxygens (including phenoxy) is 1. The van der Waals surface area contributed by atoms with Crippen LogP contribution in [0.4, 0.5) is 0 Å². The van der Waals surface area contributed by atoms with Crippen molar-refractivity contribution in [3.63, 3.8) is 0 Å². The molecule has 1 nitrogen and oxygen atoms in total. The smallest absolute Gasteiger partial charge is 0.135 e. The van der Waals surface area contributed by atoms with Crippen LogP contribution in [0.15, 0.2) is 53.0 Å². The molecule has 0 bridgehead atoms. The van der Waals surface area contributed by atoms with E-state index in [1.807, 2.05) is 11.8 Å². The molecule has 2 aliphatic heterocycles. The Bertz CT molecular complexity index is 815. The van der Waals surface area contributed by atoms with Gasteiger partial charge in [0.15, 0.2) is 0 Å². The summed E-state index contributed by atoms with van der Waals surface area (Å²) in [7, 11) is 0. The lowest BCUT2D eigenvalue weighted by Gasteiger charge is -2.32. The molecule has 1 unspecified atom stereocenters. The van der Waals surface area contributed by atoms with Gasteiger partial charge in [0.1, 0.15) is 12.4 Å². The van der Waals surface area contributed by atoms with E-state index in [4.69, 9.17) is 4.74 Å². The Morgan fingerprint density at radius 3 is 3.00 bits per heavy atom.